The lowest BCUT2D eigenvalue weighted by Gasteiger charge is -2.07. The number of sulfonamides is 1. The summed E-state index contributed by atoms with van der Waals surface area (Å²) in [7, 11) is -2.83. The number of aromatic carboxylic acids is 1. The lowest BCUT2D eigenvalue weighted by molar-refractivity contribution is -0.132. The van der Waals surface area contributed by atoms with Gasteiger partial charge >= 0.3 is 12.1 Å². The number of nitrogens with one attached hydrogen (secondary N) is 1. The SMILES string of the molecule is Cn1cc(S(=O)(=O)NCCC(F)(F)F)cc1C(=O)O. The number of carboxylic acid groups (broad SMARTS) is 1. The van der Waals surface area contributed by atoms with E-state index in [2.05, 4.69) is 0 Å². The Morgan fingerprint density at radius 3 is 2.47 bits per heavy atom. The van der Waals surface area contributed by atoms with Crippen LogP contribution in [0, 0.1) is 0 Å². The van der Waals surface area contributed by atoms with Gasteiger partial charge in [0, 0.05) is 19.8 Å². The molecule has 0 atom stereocenters. The molecule has 0 aliphatic rings. The average molecular weight is 300 g/mol. The minimum Gasteiger partial charge on any atom is -0.477 e. The highest BCUT2D eigenvalue weighted by Crippen LogP contribution is 2.19. The highest BCUT2D eigenvalue weighted by molar-refractivity contribution is 7.89. The van der Waals surface area contributed by atoms with Crippen LogP contribution in [0.2, 0.25) is 0 Å². The van der Waals surface area contributed by atoms with Gasteiger partial charge in [-0.1, -0.05) is 0 Å². The minimum absolute atomic E-state index is 0.281. The molecule has 1 aromatic rings. The summed E-state index contributed by atoms with van der Waals surface area (Å²) in [4.78, 5) is 10.3. The van der Waals surface area contributed by atoms with Crippen LogP contribution < -0.4 is 4.72 Å². The summed E-state index contributed by atoms with van der Waals surface area (Å²) in [5.74, 6) is -1.33. The maximum absolute atomic E-state index is 11.9. The van der Waals surface area contributed by atoms with Gasteiger partial charge in [0.2, 0.25) is 10.0 Å². The Labute approximate surface area is 106 Å². The predicted molar refractivity (Wildman–Crippen MR) is 58.2 cm³/mol. The first kappa shape index (κ1) is 15.5. The molecule has 0 aromatic carbocycles. The number of carbonyl (C=O) groups is 1. The van der Waals surface area contributed by atoms with Crippen LogP contribution in [0.15, 0.2) is 17.2 Å². The van der Waals surface area contributed by atoms with Gasteiger partial charge < -0.3 is 9.67 Å². The minimum atomic E-state index is -4.47. The van der Waals surface area contributed by atoms with Gasteiger partial charge in [-0.15, -0.1) is 0 Å². The zero-order chi connectivity index (χ0) is 14.8. The number of hydrogen-bond donors (Lipinski definition) is 2. The zero-order valence-corrected chi connectivity index (χ0v) is 10.5. The summed E-state index contributed by atoms with van der Waals surface area (Å²) >= 11 is 0. The first-order chi connectivity index (χ1) is 8.53. The third-order valence-electron chi connectivity index (χ3n) is 2.21. The molecule has 0 saturated carbocycles. The van der Waals surface area contributed by atoms with Gasteiger partial charge in [0.15, 0.2) is 0 Å². The molecular weight excluding hydrogens is 289 g/mol. The largest absolute Gasteiger partial charge is 0.477 e. The zero-order valence-electron chi connectivity index (χ0n) is 9.73. The fourth-order valence-electron chi connectivity index (χ4n) is 1.30. The summed E-state index contributed by atoms with van der Waals surface area (Å²) in [6.45, 7) is -0.802. The summed E-state index contributed by atoms with van der Waals surface area (Å²) in [5.41, 5.74) is -0.281. The molecule has 1 heterocycles. The molecule has 1 aromatic heterocycles. The van der Waals surface area contributed by atoms with Crippen LogP contribution in [0.25, 0.3) is 0 Å². The number of rotatable bonds is 5. The summed E-state index contributed by atoms with van der Waals surface area (Å²) in [6.07, 6.45) is -4.75. The third-order valence-corrected chi connectivity index (χ3v) is 3.64. The van der Waals surface area contributed by atoms with E-state index in [0.717, 1.165) is 16.8 Å². The van der Waals surface area contributed by atoms with Crippen LogP contribution in [-0.4, -0.2) is 36.8 Å². The van der Waals surface area contributed by atoms with Crippen molar-refractivity contribution in [1.82, 2.24) is 9.29 Å². The van der Waals surface area contributed by atoms with E-state index in [9.17, 15) is 26.4 Å². The van der Waals surface area contributed by atoms with Gasteiger partial charge in [0.1, 0.15) is 10.6 Å². The van der Waals surface area contributed by atoms with Crippen LogP contribution in [0.4, 0.5) is 13.2 Å². The molecule has 0 aliphatic carbocycles. The Balaban J connectivity index is 2.84. The van der Waals surface area contributed by atoms with Gasteiger partial charge in [0.05, 0.1) is 6.42 Å². The number of aryl methyl sites for hydroxylation is 1. The second-order valence-electron chi connectivity index (χ2n) is 3.74. The van der Waals surface area contributed by atoms with Crippen molar-refractivity contribution in [2.24, 2.45) is 7.05 Å². The second kappa shape index (κ2) is 5.21. The first-order valence-electron chi connectivity index (χ1n) is 4.99. The first-order valence-corrected chi connectivity index (χ1v) is 6.47. The molecular formula is C9H11F3N2O4S. The summed E-state index contributed by atoms with van der Waals surface area (Å²) < 4.78 is 61.7. The Kier molecular flexibility index (Phi) is 4.25. The molecule has 10 heteroatoms. The highest BCUT2D eigenvalue weighted by Gasteiger charge is 2.28. The standard InChI is InChI=1S/C9H11F3N2O4S/c1-14-5-6(4-7(14)8(15)16)19(17,18)13-3-2-9(10,11)12/h4-5,13H,2-3H2,1H3,(H,15,16). The number of nitrogens with zero attached hydrogens (tertiary/aromatic N) is 1. The number of hydrogen-bond acceptors (Lipinski definition) is 3. The second-order valence-corrected chi connectivity index (χ2v) is 5.51. The normalized spacial score (nSPS) is 12.6. The maximum Gasteiger partial charge on any atom is 0.390 e. The molecule has 0 unspecified atom stereocenters. The van der Waals surface area contributed by atoms with E-state index < -0.39 is 40.0 Å². The number of alkyl halides is 3. The van der Waals surface area contributed by atoms with Gasteiger partial charge in [-0.3, -0.25) is 0 Å². The number of aromatic nitrogens is 1. The van der Waals surface area contributed by atoms with Crippen molar-refractivity contribution in [3.63, 3.8) is 0 Å². The van der Waals surface area contributed by atoms with Gasteiger partial charge in [0.25, 0.3) is 0 Å². The van der Waals surface area contributed by atoms with Crippen LogP contribution in [0.3, 0.4) is 0 Å². The molecule has 0 fully saturated rings. The molecule has 0 amide bonds. The average Bonchev–Trinajstić information content (AvgIpc) is 2.58. The Bertz CT molecular complexity index is 577. The number of halogens is 3. The lowest BCUT2D eigenvalue weighted by Crippen LogP contribution is -2.27. The van der Waals surface area contributed by atoms with E-state index in [1.807, 2.05) is 0 Å². The van der Waals surface area contributed by atoms with E-state index in [4.69, 9.17) is 5.11 Å². The Morgan fingerprint density at radius 1 is 1.47 bits per heavy atom. The fraction of sp³-hybridized carbons (Fsp3) is 0.444. The van der Waals surface area contributed by atoms with Crippen molar-refractivity contribution in [2.45, 2.75) is 17.5 Å². The molecule has 108 valence electrons. The van der Waals surface area contributed by atoms with Gasteiger partial charge in [-0.25, -0.2) is 17.9 Å². The Hall–Kier alpha value is -1.55. The van der Waals surface area contributed by atoms with Crippen molar-refractivity contribution in [1.29, 1.82) is 0 Å². The Morgan fingerprint density at radius 2 is 2.05 bits per heavy atom. The van der Waals surface area contributed by atoms with Crippen molar-refractivity contribution in [2.75, 3.05) is 6.54 Å². The fourth-order valence-corrected chi connectivity index (χ4v) is 2.41. The van der Waals surface area contributed by atoms with E-state index in [0.29, 0.717) is 0 Å². The lowest BCUT2D eigenvalue weighted by atomic mass is 10.4. The van der Waals surface area contributed by atoms with Crippen LogP contribution >= 0.6 is 0 Å². The summed E-state index contributed by atoms with van der Waals surface area (Å²) in [5, 5.41) is 8.74. The van der Waals surface area contributed by atoms with Crippen LogP contribution in [0.1, 0.15) is 16.9 Å². The van der Waals surface area contributed by atoms with E-state index in [1.165, 1.54) is 7.05 Å². The molecule has 0 saturated heterocycles. The van der Waals surface area contributed by atoms with E-state index in [1.54, 1.807) is 4.72 Å². The van der Waals surface area contributed by atoms with Crippen molar-refractivity contribution < 1.29 is 31.5 Å². The van der Waals surface area contributed by atoms with Crippen LogP contribution in [0.5, 0.6) is 0 Å². The molecule has 6 nitrogen and oxygen atoms in total. The molecule has 19 heavy (non-hydrogen) atoms. The monoisotopic (exact) mass is 300 g/mol. The van der Waals surface area contributed by atoms with Gasteiger partial charge in [-0.2, -0.15) is 13.2 Å². The van der Waals surface area contributed by atoms with E-state index >= 15 is 0 Å². The van der Waals surface area contributed by atoms with Crippen molar-refractivity contribution >= 4 is 16.0 Å². The van der Waals surface area contributed by atoms with Gasteiger partial charge in [-0.05, 0) is 6.07 Å². The third kappa shape index (κ3) is 4.24. The molecule has 1 rings (SSSR count). The van der Waals surface area contributed by atoms with Crippen molar-refractivity contribution in [3.05, 3.63) is 18.0 Å². The molecule has 2 N–H and O–H groups in total. The number of carboxylic acids is 1. The maximum atomic E-state index is 11.9. The quantitative estimate of drug-likeness (QED) is 0.847. The molecule has 0 spiro atoms. The van der Waals surface area contributed by atoms with Crippen molar-refractivity contribution in [3.8, 4) is 0 Å². The molecule has 0 radical (unpaired) electrons. The summed E-state index contributed by atoms with van der Waals surface area (Å²) in [6, 6.07) is 0.873. The van der Waals surface area contributed by atoms with Crippen LogP contribution in [-0.2, 0) is 17.1 Å². The predicted octanol–water partition coefficient (Wildman–Crippen LogP) is 0.954. The topological polar surface area (TPSA) is 88.4 Å². The smallest absolute Gasteiger partial charge is 0.390 e. The highest BCUT2D eigenvalue weighted by atomic mass is 32.2. The molecule has 0 bridgehead atoms. The molecule has 0 aliphatic heterocycles. The van der Waals surface area contributed by atoms with E-state index in [-0.39, 0.29) is 5.69 Å².